The van der Waals surface area contributed by atoms with Crippen molar-refractivity contribution < 1.29 is 9.47 Å². The second-order valence-corrected chi connectivity index (χ2v) is 6.29. The highest BCUT2D eigenvalue weighted by molar-refractivity contribution is 5.48. The Bertz CT molecular complexity index is 451. The average molecular weight is 293 g/mol. The smallest absolute Gasteiger partial charge is 0.139 e. The van der Waals surface area contributed by atoms with Gasteiger partial charge in [0.05, 0.1) is 30.3 Å². The minimum absolute atomic E-state index is 0.162. The van der Waals surface area contributed by atoms with E-state index < -0.39 is 0 Å². The van der Waals surface area contributed by atoms with E-state index in [0.29, 0.717) is 6.61 Å². The summed E-state index contributed by atoms with van der Waals surface area (Å²) >= 11 is 0. The van der Waals surface area contributed by atoms with Gasteiger partial charge in [0.25, 0.3) is 0 Å². The van der Waals surface area contributed by atoms with Crippen LogP contribution >= 0.6 is 0 Å². The summed E-state index contributed by atoms with van der Waals surface area (Å²) in [6, 6.07) is 2.30. The number of nitrogens with two attached hydrogens (primary N) is 1. The zero-order valence-electron chi connectivity index (χ0n) is 13.3. The molecule has 0 spiro atoms. The van der Waals surface area contributed by atoms with Gasteiger partial charge in [0.15, 0.2) is 0 Å². The third-order valence-electron chi connectivity index (χ3n) is 4.05. The number of hydrogen-bond donors (Lipinski definition) is 1. The summed E-state index contributed by atoms with van der Waals surface area (Å²) in [7, 11) is 1.72. The molecular weight excluding hydrogens is 266 g/mol. The number of hydrogen-bond acceptors (Lipinski definition) is 5. The van der Waals surface area contributed by atoms with Crippen LogP contribution in [0.5, 0.6) is 5.75 Å². The molecule has 0 aromatic carbocycles. The van der Waals surface area contributed by atoms with Crippen molar-refractivity contribution in [2.45, 2.75) is 44.8 Å². The summed E-state index contributed by atoms with van der Waals surface area (Å²) < 4.78 is 11.2. The molecule has 21 heavy (non-hydrogen) atoms. The molecule has 2 heterocycles. The summed E-state index contributed by atoms with van der Waals surface area (Å²) in [5, 5.41) is 0. The molecular formula is C16H27N3O2. The van der Waals surface area contributed by atoms with Crippen molar-refractivity contribution in [2.75, 3.05) is 31.7 Å². The molecule has 1 aromatic rings. The van der Waals surface area contributed by atoms with Crippen molar-refractivity contribution in [3.63, 3.8) is 0 Å². The molecule has 1 aromatic heterocycles. The van der Waals surface area contributed by atoms with Gasteiger partial charge in [0.1, 0.15) is 5.75 Å². The van der Waals surface area contributed by atoms with Crippen molar-refractivity contribution in [3.8, 4) is 5.75 Å². The molecule has 2 rings (SSSR count). The topological polar surface area (TPSA) is 60.6 Å². The first-order chi connectivity index (χ1) is 10.00. The summed E-state index contributed by atoms with van der Waals surface area (Å²) in [5.74, 6) is 0.804. The highest BCUT2D eigenvalue weighted by Crippen LogP contribution is 2.23. The molecule has 5 nitrogen and oxygen atoms in total. The Morgan fingerprint density at radius 2 is 2.24 bits per heavy atom. The zero-order valence-corrected chi connectivity index (χ0v) is 13.3. The van der Waals surface area contributed by atoms with Crippen molar-refractivity contribution in [1.82, 2.24) is 4.98 Å². The fourth-order valence-corrected chi connectivity index (χ4v) is 2.42. The summed E-state index contributed by atoms with van der Waals surface area (Å²) in [4.78, 5) is 6.57. The fraction of sp³-hybridized carbons (Fsp3) is 0.688. The number of ether oxygens (including phenoxy) is 2. The number of anilines is 1. The first-order valence-electron chi connectivity index (χ1n) is 7.64. The molecule has 0 aliphatic carbocycles. The van der Waals surface area contributed by atoms with Gasteiger partial charge < -0.3 is 20.1 Å². The van der Waals surface area contributed by atoms with E-state index in [9.17, 15) is 0 Å². The van der Waals surface area contributed by atoms with Crippen LogP contribution in [0.25, 0.3) is 0 Å². The molecule has 118 valence electrons. The Labute approximate surface area is 127 Å². The molecule has 0 radical (unpaired) electrons. The molecule has 5 heteroatoms. The van der Waals surface area contributed by atoms with Gasteiger partial charge in [-0.05, 0) is 26.7 Å². The minimum Gasteiger partial charge on any atom is -0.492 e. The van der Waals surface area contributed by atoms with Gasteiger partial charge in [0.2, 0.25) is 0 Å². The van der Waals surface area contributed by atoms with Crippen molar-refractivity contribution >= 4 is 5.69 Å². The van der Waals surface area contributed by atoms with Crippen molar-refractivity contribution in [3.05, 3.63) is 18.5 Å². The Morgan fingerprint density at radius 1 is 1.43 bits per heavy atom. The minimum atomic E-state index is -0.162. The maximum Gasteiger partial charge on any atom is 0.139 e. The van der Waals surface area contributed by atoms with E-state index >= 15 is 0 Å². The molecule has 1 aliphatic heterocycles. The van der Waals surface area contributed by atoms with E-state index in [2.05, 4.69) is 23.7 Å². The molecule has 1 atom stereocenters. The maximum absolute atomic E-state index is 6.04. The molecule has 1 unspecified atom stereocenters. The first-order valence-corrected chi connectivity index (χ1v) is 7.64. The molecule has 0 saturated carbocycles. The van der Waals surface area contributed by atoms with E-state index in [1.807, 2.05) is 12.3 Å². The number of piperidine rings is 1. The Kier molecular flexibility index (Phi) is 5.42. The Morgan fingerprint density at radius 3 is 2.95 bits per heavy atom. The van der Waals surface area contributed by atoms with E-state index in [1.165, 1.54) is 0 Å². The quantitative estimate of drug-likeness (QED) is 0.871. The average Bonchev–Trinajstić information content (AvgIpc) is 2.47. The molecule has 2 N–H and O–H groups in total. The lowest BCUT2D eigenvalue weighted by atomic mass is 10.1. The largest absolute Gasteiger partial charge is 0.492 e. The lowest BCUT2D eigenvalue weighted by molar-refractivity contribution is 0.00543. The summed E-state index contributed by atoms with van der Waals surface area (Å²) in [5.41, 5.74) is 6.97. The molecule has 1 aliphatic rings. The molecule has 0 bridgehead atoms. The van der Waals surface area contributed by atoms with Crippen molar-refractivity contribution in [1.29, 1.82) is 0 Å². The number of rotatable bonds is 6. The number of pyridine rings is 1. The zero-order chi connectivity index (χ0) is 15.3. The van der Waals surface area contributed by atoms with Gasteiger partial charge in [-0.2, -0.15) is 0 Å². The van der Waals surface area contributed by atoms with E-state index in [4.69, 9.17) is 15.2 Å². The van der Waals surface area contributed by atoms with Crippen LogP contribution < -0.4 is 15.4 Å². The highest BCUT2D eigenvalue weighted by atomic mass is 16.5. The van der Waals surface area contributed by atoms with Crippen molar-refractivity contribution in [2.24, 2.45) is 5.73 Å². The van der Waals surface area contributed by atoms with Gasteiger partial charge in [-0.15, -0.1) is 0 Å². The van der Waals surface area contributed by atoms with Crippen LogP contribution in [0, 0.1) is 0 Å². The highest BCUT2D eigenvalue weighted by Gasteiger charge is 2.18. The van der Waals surface area contributed by atoms with Gasteiger partial charge >= 0.3 is 0 Å². The van der Waals surface area contributed by atoms with Crippen LogP contribution in [-0.4, -0.2) is 43.4 Å². The van der Waals surface area contributed by atoms with Gasteiger partial charge in [0, 0.05) is 38.7 Å². The monoisotopic (exact) mass is 293 g/mol. The second kappa shape index (κ2) is 7.09. The number of nitrogens with zero attached hydrogens (tertiary/aromatic N) is 2. The maximum atomic E-state index is 6.04. The Hall–Kier alpha value is -1.33. The third kappa shape index (κ3) is 4.86. The van der Waals surface area contributed by atoms with E-state index in [1.54, 1.807) is 13.3 Å². The van der Waals surface area contributed by atoms with Crippen LogP contribution in [0.15, 0.2) is 18.5 Å². The SMILES string of the molecule is COC(C)(C)CCOc1cncc(N2CCCC(N)C2)c1. The van der Waals surface area contributed by atoms with E-state index in [0.717, 1.165) is 43.8 Å². The van der Waals surface area contributed by atoms with Gasteiger partial charge in [-0.25, -0.2) is 0 Å². The van der Waals surface area contributed by atoms with Crippen LogP contribution in [0.3, 0.4) is 0 Å². The fourth-order valence-electron chi connectivity index (χ4n) is 2.42. The molecule has 1 saturated heterocycles. The van der Waals surface area contributed by atoms with E-state index in [-0.39, 0.29) is 11.6 Å². The van der Waals surface area contributed by atoms with Crippen LogP contribution in [0.4, 0.5) is 5.69 Å². The molecule has 1 fully saturated rings. The predicted octanol–water partition coefficient (Wildman–Crippen LogP) is 2.20. The lowest BCUT2D eigenvalue weighted by Gasteiger charge is -2.32. The van der Waals surface area contributed by atoms with Crippen LogP contribution in [-0.2, 0) is 4.74 Å². The van der Waals surface area contributed by atoms with Gasteiger partial charge in [-0.1, -0.05) is 0 Å². The number of methoxy groups -OCH3 is 1. The normalized spacial score (nSPS) is 19.6. The molecule has 0 amide bonds. The third-order valence-corrected chi connectivity index (χ3v) is 4.05. The summed E-state index contributed by atoms with van der Waals surface area (Å²) in [6.45, 7) is 6.66. The first kappa shape index (κ1) is 16.0. The lowest BCUT2D eigenvalue weighted by Crippen LogP contribution is -2.42. The van der Waals surface area contributed by atoms with Crippen LogP contribution in [0.1, 0.15) is 33.1 Å². The van der Waals surface area contributed by atoms with Crippen LogP contribution in [0.2, 0.25) is 0 Å². The second-order valence-electron chi connectivity index (χ2n) is 6.29. The summed E-state index contributed by atoms with van der Waals surface area (Å²) in [6.07, 6.45) is 6.71. The Balaban J connectivity index is 1.91. The predicted molar refractivity (Wildman–Crippen MR) is 84.9 cm³/mol. The van der Waals surface area contributed by atoms with Gasteiger partial charge in [-0.3, -0.25) is 4.98 Å². The number of aromatic nitrogens is 1. The standard InChI is InChI=1S/C16H27N3O2/c1-16(2,20-3)6-8-21-15-9-14(10-18-11-15)19-7-4-5-13(17)12-19/h9-11,13H,4-8,12,17H2,1-3H3.